The minimum absolute atomic E-state index is 0.125. The van der Waals surface area contributed by atoms with Crippen LogP contribution in [-0.2, 0) is 0 Å². The zero-order valence-corrected chi connectivity index (χ0v) is 31.9. The van der Waals surface area contributed by atoms with E-state index in [-0.39, 0.29) is 17.4 Å². The Kier molecular flexibility index (Phi) is 41.3. The second kappa shape index (κ2) is 40.6. The van der Waals surface area contributed by atoms with Gasteiger partial charge in [-0.3, -0.25) is 0 Å². The molecule has 0 spiro atoms. The van der Waals surface area contributed by atoms with Crippen LogP contribution in [0.4, 0.5) is 0 Å². The molecule has 41 heavy (non-hydrogen) atoms. The number of rotatable bonds is 38. The van der Waals surface area contributed by atoms with Crippen LogP contribution < -0.4 is 0 Å². The Morgan fingerprint density at radius 1 is 0.195 bits per heavy atom. The average molecular weight is 633 g/mol. The Balaban J connectivity index is 3.02. The molecule has 0 fully saturated rings. The SMILES string of the molecule is CCCCCCCCCCCCCCCCCCC[CH2][Ga][CH2]CCCCCCCCCCCCCCCCCCC. The molecule has 0 aromatic rings. The summed E-state index contributed by atoms with van der Waals surface area (Å²) in [7, 11) is 0. The van der Waals surface area contributed by atoms with Gasteiger partial charge in [-0.1, -0.05) is 104 Å². The van der Waals surface area contributed by atoms with E-state index in [1.807, 2.05) is 0 Å². The molecular weight excluding hydrogens is 550 g/mol. The van der Waals surface area contributed by atoms with E-state index >= 15 is 0 Å². The molecule has 0 N–H and O–H groups in total. The van der Waals surface area contributed by atoms with Gasteiger partial charge in [0.05, 0.1) is 0 Å². The predicted molar refractivity (Wildman–Crippen MR) is 193 cm³/mol. The molecule has 0 aliphatic heterocycles. The van der Waals surface area contributed by atoms with Crippen LogP contribution in [0.5, 0.6) is 0 Å². The van der Waals surface area contributed by atoms with Crippen molar-refractivity contribution in [1.82, 2.24) is 0 Å². The molecule has 0 unspecified atom stereocenters. The van der Waals surface area contributed by atoms with Crippen LogP contribution in [0.3, 0.4) is 0 Å². The molecule has 0 rings (SSSR count). The van der Waals surface area contributed by atoms with Crippen molar-refractivity contribution in [2.75, 3.05) is 0 Å². The van der Waals surface area contributed by atoms with E-state index in [0.717, 1.165) is 0 Å². The predicted octanol–water partition coefficient (Wildman–Crippen LogP) is 15.6. The Labute approximate surface area is 271 Å². The molecule has 0 saturated heterocycles. The van der Waals surface area contributed by atoms with Gasteiger partial charge in [0, 0.05) is 0 Å². The fourth-order valence-corrected chi connectivity index (χ4v) is 9.55. The third kappa shape index (κ3) is 40.6. The van der Waals surface area contributed by atoms with Crippen molar-refractivity contribution in [3.63, 3.8) is 0 Å². The van der Waals surface area contributed by atoms with E-state index in [2.05, 4.69) is 13.8 Å². The van der Waals surface area contributed by atoms with Crippen molar-refractivity contribution < 1.29 is 0 Å². The summed E-state index contributed by atoms with van der Waals surface area (Å²) in [6.45, 7) is 4.62. The summed E-state index contributed by atoms with van der Waals surface area (Å²) in [6.07, 6.45) is 53.8. The average Bonchev–Trinajstić information content (AvgIpc) is 2.98. The topological polar surface area (TPSA) is 0 Å². The van der Waals surface area contributed by atoms with E-state index in [1.54, 1.807) is 22.8 Å². The Hall–Kier alpha value is 0.636. The van der Waals surface area contributed by atoms with Crippen molar-refractivity contribution >= 4 is 17.4 Å². The van der Waals surface area contributed by atoms with Crippen LogP contribution in [0.15, 0.2) is 0 Å². The fraction of sp³-hybridized carbons (Fsp3) is 1.00. The van der Waals surface area contributed by atoms with Crippen LogP contribution in [0.2, 0.25) is 9.95 Å². The molecule has 245 valence electrons. The Bertz CT molecular complexity index is 381. The van der Waals surface area contributed by atoms with Gasteiger partial charge in [0.2, 0.25) is 0 Å². The molecule has 0 nitrogen and oxygen atoms in total. The van der Waals surface area contributed by atoms with Crippen molar-refractivity contribution in [3.8, 4) is 0 Å². The summed E-state index contributed by atoms with van der Waals surface area (Å²) < 4.78 is 0. The zero-order valence-electron chi connectivity index (χ0n) is 29.4. The standard InChI is InChI=1S/2C20H41.Ga/c2*1-3-5-7-9-11-13-15-17-19-20-18-16-14-12-10-8-6-4-2;/h2*1,3-20H2,2H3;. The molecule has 0 bridgehead atoms. The normalized spacial score (nSPS) is 11.5. The van der Waals surface area contributed by atoms with Crippen molar-refractivity contribution in [2.24, 2.45) is 0 Å². The second-order valence-electron chi connectivity index (χ2n) is 13.9. The Morgan fingerprint density at radius 2 is 0.341 bits per heavy atom. The summed E-state index contributed by atoms with van der Waals surface area (Å²) in [5, 5.41) is 0. The number of unbranched alkanes of at least 4 members (excludes halogenated alkanes) is 34. The third-order valence-corrected chi connectivity index (χ3v) is 12.9. The molecule has 0 aliphatic carbocycles. The summed E-state index contributed by atoms with van der Waals surface area (Å²) >= 11 is 0.125. The zero-order chi connectivity index (χ0) is 29.6. The molecule has 1 radical (unpaired) electrons. The summed E-state index contributed by atoms with van der Waals surface area (Å²) in [6, 6.07) is 0. The first-order chi connectivity index (χ1) is 20.4. The first-order valence-electron chi connectivity index (χ1n) is 20.2. The Morgan fingerprint density at radius 3 is 0.512 bits per heavy atom. The number of hydrogen-bond donors (Lipinski definition) is 0. The van der Waals surface area contributed by atoms with E-state index < -0.39 is 0 Å². The minimum atomic E-state index is 0.125. The molecule has 1 heteroatoms. The van der Waals surface area contributed by atoms with E-state index in [0.29, 0.717) is 0 Å². The van der Waals surface area contributed by atoms with E-state index in [4.69, 9.17) is 0 Å². The van der Waals surface area contributed by atoms with Gasteiger partial charge in [-0.05, 0) is 0 Å². The van der Waals surface area contributed by atoms with Gasteiger partial charge >= 0.3 is 169 Å². The van der Waals surface area contributed by atoms with E-state index in [1.165, 1.54) is 218 Å². The molecule has 0 amide bonds. The van der Waals surface area contributed by atoms with Gasteiger partial charge in [0.1, 0.15) is 0 Å². The van der Waals surface area contributed by atoms with Crippen LogP contribution in [0, 0.1) is 0 Å². The molecular formula is C40H82Ga. The van der Waals surface area contributed by atoms with Crippen LogP contribution in [-0.4, -0.2) is 17.4 Å². The van der Waals surface area contributed by atoms with Gasteiger partial charge in [-0.2, -0.15) is 0 Å². The first-order valence-corrected chi connectivity index (χ1v) is 23.7. The van der Waals surface area contributed by atoms with Gasteiger partial charge in [-0.25, -0.2) is 0 Å². The van der Waals surface area contributed by atoms with Crippen molar-refractivity contribution in [2.45, 2.75) is 255 Å². The molecule has 0 aromatic heterocycles. The smallest absolute Gasteiger partial charge is 0.0654 e. The number of hydrogen-bond acceptors (Lipinski definition) is 0. The third-order valence-electron chi connectivity index (χ3n) is 9.52. The second-order valence-corrected chi connectivity index (χ2v) is 17.5. The maximum atomic E-state index is 2.31. The van der Waals surface area contributed by atoms with Crippen LogP contribution >= 0.6 is 0 Å². The summed E-state index contributed by atoms with van der Waals surface area (Å²) in [4.78, 5) is 3.31. The molecule has 0 aromatic carbocycles. The van der Waals surface area contributed by atoms with Gasteiger partial charge in [0.25, 0.3) is 0 Å². The molecule has 0 aliphatic rings. The molecule has 0 heterocycles. The molecule has 0 saturated carbocycles. The van der Waals surface area contributed by atoms with Crippen LogP contribution in [0.1, 0.15) is 245 Å². The molecule has 0 atom stereocenters. The minimum Gasteiger partial charge on any atom is -0.0654 e. The van der Waals surface area contributed by atoms with Gasteiger partial charge < -0.3 is 0 Å². The fourth-order valence-electron chi connectivity index (χ4n) is 6.52. The maximum absolute atomic E-state index is 2.31. The summed E-state index contributed by atoms with van der Waals surface area (Å²) in [5.74, 6) is 0. The van der Waals surface area contributed by atoms with E-state index in [9.17, 15) is 0 Å². The van der Waals surface area contributed by atoms with Gasteiger partial charge in [-0.15, -0.1) is 0 Å². The first kappa shape index (κ1) is 41.6. The monoisotopic (exact) mass is 632 g/mol. The van der Waals surface area contributed by atoms with Crippen LogP contribution in [0.25, 0.3) is 0 Å². The summed E-state index contributed by atoms with van der Waals surface area (Å²) in [5.41, 5.74) is 0. The quantitative estimate of drug-likeness (QED) is 0.0469. The van der Waals surface area contributed by atoms with Crippen molar-refractivity contribution in [1.29, 1.82) is 0 Å². The van der Waals surface area contributed by atoms with Gasteiger partial charge in [0.15, 0.2) is 0 Å². The van der Waals surface area contributed by atoms with Crippen molar-refractivity contribution in [3.05, 3.63) is 0 Å².